The number of anilines is 3. The van der Waals surface area contributed by atoms with E-state index in [1.54, 1.807) is 0 Å². The molecule has 3 aliphatic carbocycles. The maximum atomic E-state index is 5.38. The molecule has 0 saturated heterocycles. The molecule has 1 unspecified atom stereocenters. The Bertz CT molecular complexity index is 3480. The topological polar surface area (TPSA) is 54.8 Å². The van der Waals surface area contributed by atoms with Gasteiger partial charge < -0.3 is 4.90 Å². The molecule has 0 bridgehead atoms. The molecule has 0 fully saturated rings. The third-order valence-corrected chi connectivity index (χ3v) is 15.0. The van der Waals surface area contributed by atoms with Crippen molar-refractivity contribution in [2.75, 3.05) is 4.90 Å². The molecule has 5 nitrogen and oxygen atoms in total. The molecule has 0 saturated carbocycles. The summed E-state index contributed by atoms with van der Waals surface area (Å²) in [6.07, 6.45) is 7.73. The van der Waals surface area contributed by atoms with Gasteiger partial charge in [0.2, 0.25) is 0 Å². The lowest BCUT2D eigenvalue weighted by Gasteiger charge is -2.40. The van der Waals surface area contributed by atoms with Crippen molar-refractivity contribution in [2.45, 2.75) is 20.6 Å². The fourth-order valence-electron chi connectivity index (χ4n) is 11.5. The molecule has 5 heterocycles. The maximum Gasteiger partial charge on any atom is 0.0937 e. The van der Waals surface area contributed by atoms with E-state index in [4.69, 9.17) is 19.9 Å². The molecule has 0 N–H and O–H groups in total. The minimum atomic E-state index is -0.689. The van der Waals surface area contributed by atoms with Gasteiger partial charge in [-0.25, -0.2) is 0 Å². The van der Waals surface area contributed by atoms with Gasteiger partial charge in [0, 0.05) is 62.8 Å². The monoisotopic (exact) mass is 833 g/mol. The van der Waals surface area contributed by atoms with Crippen LogP contribution in [0.15, 0.2) is 223 Å². The number of para-hydroxylation sites is 2. The van der Waals surface area contributed by atoms with Crippen molar-refractivity contribution in [1.29, 1.82) is 0 Å². The van der Waals surface area contributed by atoms with Crippen molar-refractivity contribution in [1.82, 2.24) is 19.9 Å². The molecular weight excluding hydrogens is 799 g/mol. The summed E-state index contributed by atoms with van der Waals surface area (Å²) < 4.78 is 0. The van der Waals surface area contributed by atoms with Crippen molar-refractivity contribution in [2.24, 2.45) is 0 Å². The quantitative estimate of drug-likeness (QED) is 0.176. The number of benzene rings is 6. The summed E-state index contributed by atoms with van der Waals surface area (Å²) in [5.74, 6) is 0. The van der Waals surface area contributed by atoms with Crippen LogP contribution in [-0.2, 0) is 10.8 Å². The van der Waals surface area contributed by atoms with Gasteiger partial charge in [-0.2, -0.15) is 0 Å². The fraction of sp³-hybridized carbons (Fsp3) is 0.0345. The van der Waals surface area contributed by atoms with Gasteiger partial charge in [-0.1, -0.05) is 121 Å². The molecule has 64 heavy (non-hydrogen) atoms. The van der Waals surface area contributed by atoms with E-state index in [1.807, 2.05) is 36.5 Å². The van der Waals surface area contributed by atoms with E-state index in [2.05, 4.69) is 193 Å². The fourth-order valence-corrected chi connectivity index (χ4v) is 12.7. The van der Waals surface area contributed by atoms with Crippen LogP contribution in [0.3, 0.4) is 0 Å². The zero-order chi connectivity index (χ0) is 42.0. The van der Waals surface area contributed by atoms with Crippen LogP contribution in [0.25, 0.3) is 45.0 Å². The molecule has 6 heteroatoms. The highest BCUT2D eigenvalue weighted by Crippen LogP contribution is 2.67. The Labute approximate surface area is 374 Å². The predicted octanol–water partition coefficient (Wildman–Crippen LogP) is 13.6. The van der Waals surface area contributed by atoms with E-state index in [0.717, 1.165) is 62.1 Å². The van der Waals surface area contributed by atoms with E-state index in [1.165, 1.54) is 54.3 Å². The third-order valence-electron chi connectivity index (χ3n) is 13.9. The molecule has 14 rings (SSSR count). The van der Waals surface area contributed by atoms with Crippen LogP contribution in [0.5, 0.6) is 0 Å². The molecule has 1 atom stereocenters. The first-order valence-electron chi connectivity index (χ1n) is 21.7. The second kappa shape index (κ2) is 13.3. The van der Waals surface area contributed by atoms with Crippen LogP contribution in [-0.4, -0.2) is 19.9 Å². The van der Waals surface area contributed by atoms with E-state index in [-0.39, 0.29) is 0 Å². The number of pyridine rings is 4. The molecular formula is C58H35N5S. The van der Waals surface area contributed by atoms with Crippen molar-refractivity contribution in [3.05, 3.63) is 257 Å². The normalized spacial score (nSPS) is 15.9. The summed E-state index contributed by atoms with van der Waals surface area (Å²) in [7, 11) is 0. The first-order chi connectivity index (χ1) is 31.7. The third kappa shape index (κ3) is 4.59. The summed E-state index contributed by atoms with van der Waals surface area (Å²) in [6, 6.07) is 68.4. The van der Waals surface area contributed by atoms with Crippen LogP contribution >= 0.6 is 11.8 Å². The second-order valence-electron chi connectivity index (χ2n) is 16.9. The minimum absolute atomic E-state index is 0.557. The van der Waals surface area contributed by atoms with Gasteiger partial charge >= 0.3 is 0 Å². The molecule has 0 radical (unpaired) electrons. The Morgan fingerprint density at radius 3 is 1.55 bits per heavy atom. The number of rotatable bonds is 4. The lowest BCUT2D eigenvalue weighted by atomic mass is 9.66. The highest BCUT2D eigenvalue weighted by Gasteiger charge is 2.56. The summed E-state index contributed by atoms with van der Waals surface area (Å²) in [6.45, 7) is 0. The summed E-state index contributed by atoms with van der Waals surface area (Å²) in [5.41, 5.74) is 20.1. The lowest BCUT2D eigenvalue weighted by molar-refractivity contribution is 0.714. The van der Waals surface area contributed by atoms with E-state index < -0.39 is 10.8 Å². The van der Waals surface area contributed by atoms with Crippen molar-refractivity contribution in [3.63, 3.8) is 0 Å². The Hall–Kier alpha value is -7.93. The Morgan fingerprint density at radius 2 is 0.875 bits per heavy atom. The van der Waals surface area contributed by atoms with Gasteiger partial charge in [0.05, 0.1) is 33.6 Å². The first kappa shape index (κ1) is 35.6. The minimum Gasteiger partial charge on any atom is -0.310 e. The van der Waals surface area contributed by atoms with Crippen LogP contribution in [0.4, 0.5) is 17.1 Å². The maximum absolute atomic E-state index is 5.38. The van der Waals surface area contributed by atoms with Crippen molar-refractivity contribution >= 4 is 28.8 Å². The average molecular weight is 834 g/mol. The number of fused-ring (bicyclic) bond motifs is 19. The summed E-state index contributed by atoms with van der Waals surface area (Å²) in [4.78, 5) is 25.3. The Kier molecular flexibility index (Phi) is 7.40. The van der Waals surface area contributed by atoms with Gasteiger partial charge in [-0.15, -0.1) is 0 Å². The van der Waals surface area contributed by atoms with E-state index in [9.17, 15) is 0 Å². The standard InChI is InChI=1S/C58H35N5S/c1-3-16-38(17-4-1)63(39-18-5-2-6-19-39)40-20-11-15-36(31-40)37-32-50-56(62-35-37)55-47(26-14-30-61-55)58(50)44-23-9-10-27-51(44)64-52-34-48-42(33-49(52)58)41-21-7-8-22-43(41)57(48)45-24-12-28-59-53(45)54-46(57)25-13-29-60-54/h1-35H. The van der Waals surface area contributed by atoms with Gasteiger partial charge in [-0.3, -0.25) is 19.9 Å². The summed E-state index contributed by atoms with van der Waals surface area (Å²) in [5, 5.41) is 0. The second-order valence-corrected chi connectivity index (χ2v) is 18.0. The average Bonchev–Trinajstić information content (AvgIpc) is 3.94. The SMILES string of the molecule is c1ccc(N(c2ccccc2)c2cccc(-c3cnc4c(c3)C3(c5ccccc5Sc5cc6c(cc53)-c3ccccc3C63c5cccnc5-c5ncccc53)c3cccnc3-4)c2)cc1. The molecule has 6 aromatic carbocycles. The van der Waals surface area contributed by atoms with Crippen LogP contribution in [0.2, 0.25) is 0 Å². The smallest absolute Gasteiger partial charge is 0.0937 e. The van der Waals surface area contributed by atoms with Crippen LogP contribution in [0, 0.1) is 0 Å². The van der Waals surface area contributed by atoms with Crippen molar-refractivity contribution < 1.29 is 0 Å². The number of aromatic nitrogens is 4. The zero-order valence-electron chi connectivity index (χ0n) is 34.4. The molecule has 298 valence electrons. The Balaban J connectivity index is 1.02. The lowest BCUT2D eigenvalue weighted by Crippen LogP contribution is -2.33. The van der Waals surface area contributed by atoms with Gasteiger partial charge in [-0.05, 0) is 134 Å². The zero-order valence-corrected chi connectivity index (χ0v) is 35.2. The van der Waals surface area contributed by atoms with Crippen LogP contribution < -0.4 is 4.90 Å². The van der Waals surface area contributed by atoms with Gasteiger partial charge in [0.1, 0.15) is 0 Å². The highest BCUT2D eigenvalue weighted by molar-refractivity contribution is 7.99. The largest absolute Gasteiger partial charge is 0.310 e. The van der Waals surface area contributed by atoms with Crippen LogP contribution in [0.1, 0.15) is 44.5 Å². The molecule has 2 spiro atoms. The van der Waals surface area contributed by atoms with Crippen molar-refractivity contribution in [3.8, 4) is 45.0 Å². The molecule has 0 amide bonds. The number of hydrogen-bond acceptors (Lipinski definition) is 6. The molecule has 1 aliphatic heterocycles. The molecule has 4 aromatic heterocycles. The van der Waals surface area contributed by atoms with Gasteiger partial charge in [0.25, 0.3) is 0 Å². The predicted molar refractivity (Wildman–Crippen MR) is 255 cm³/mol. The highest BCUT2D eigenvalue weighted by atomic mass is 32.2. The number of nitrogens with zero attached hydrogens (tertiary/aromatic N) is 5. The van der Waals surface area contributed by atoms with E-state index >= 15 is 0 Å². The molecule has 10 aromatic rings. The number of hydrogen-bond donors (Lipinski definition) is 0. The van der Waals surface area contributed by atoms with E-state index in [0.29, 0.717) is 0 Å². The van der Waals surface area contributed by atoms with Gasteiger partial charge in [0.15, 0.2) is 0 Å². The first-order valence-corrected chi connectivity index (χ1v) is 22.5. The molecule has 4 aliphatic rings. The Morgan fingerprint density at radius 1 is 0.328 bits per heavy atom. The summed E-state index contributed by atoms with van der Waals surface area (Å²) >= 11 is 1.87.